The lowest BCUT2D eigenvalue weighted by Gasteiger charge is -2.23. The predicted molar refractivity (Wildman–Crippen MR) is 120 cm³/mol. The van der Waals surface area contributed by atoms with Gasteiger partial charge >= 0.3 is 0 Å². The number of sulfonamides is 1. The predicted octanol–water partition coefficient (Wildman–Crippen LogP) is 3.91. The van der Waals surface area contributed by atoms with Crippen LogP contribution in [-0.2, 0) is 21.2 Å². The van der Waals surface area contributed by atoms with Crippen LogP contribution in [0.4, 0.5) is 5.69 Å². The van der Waals surface area contributed by atoms with Gasteiger partial charge in [-0.15, -0.1) is 0 Å². The molecule has 6 heteroatoms. The second-order valence-electron chi connectivity index (χ2n) is 7.65. The summed E-state index contributed by atoms with van der Waals surface area (Å²) in [6, 6.07) is 14.0. The van der Waals surface area contributed by atoms with Crippen LogP contribution < -0.4 is 9.62 Å². The van der Waals surface area contributed by atoms with Crippen LogP contribution >= 0.6 is 0 Å². The molecule has 0 spiro atoms. The molecule has 0 unspecified atom stereocenters. The number of carbonyl (C=O) groups is 1. The Morgan fingerprint density at radius 2 is 1.76 bits per heavy atom. The third-order valence-corrected chi connectivity index (χ3v) is 6.18. The molecule has 0 aliphatic carbocycles. The van der Waals surface area contributed by atoms with Gasteiger partial charge < -0.3 is 5.32 Å². The second-order valence-corrected chi connectivity index (χ2v) is 9.56. The third kappa shape index (κ3) is 7.54. The van der Waals surface area contributed by atoms with E-state index in [0.717, 1.165) is 24.0 Å². The Balaban J connectivity index is 1.78. The number of aryl methyl sites for hydroxylation is 4. The summed E-state index contributed by atoms with van der Waals surface area (Å²) in [6.45, 7) is 6.94. The van der Waals surface area contributed by atoms with Crippen molar-refractivity contribution in [1.29, 1.82) is 0 Å². The number of hydrogen-bond donors (Lipinski definition) is 1. The summed E-state index contributed by atoms with van der Waals surface area (Å²) in [5, 5.41) is 2.93. The summed E-state index contributed by atoms with van der Waals surface area (Å²) in [4.78, 5) is 12.1. The van der Waals surface area contributed by atoms with E-state index in [2.05, 4.69) is 30.4 Å². The summed E-state index contributed by atoms with van der Waals surface area (Å²) in [7, 11) is -3.40. The highest BCUT2D eigenvalue weighted by Crippen LogP contribution is 2.21. The van der Waals surface area contributed by atoms with Gasteiger partial charge in [0.15, 0.2) is 0 Å². The lowest BCUT2D eigenvalue weighted by atomic mass is 10.1. The first kappa shape index (κ1) is 22.9. The zero-order chi connectivity index (χ0) is 21.4. The highest BCUT2D eigenvalue weighted by molar-refractivity contribution is 7.92. The number of nitrogens with zero attached hydrogens (tertiary/aromatic N) is 1. The molecule has 2 aromatic carbocycles. The molecule has 0 saturated carbocycles. The molecule has 29 heavy (non-hydrogen) atoms. The summed E-state index contributed by atoms with van der Waals surface area (Å²) >= 11 is 0. The lowest BCUT2D eigenvalue weighted by Crippen LogP contribution is -2.32. The number of anilines is 1. The van der Waals surface area contributed by atoms with E-state index in [9.17, 15) is 13.2 Å². The normalized spacial score (nSPS) is 11.3. The van der Waals surface area contributed by atoms with Crippen LogP contribution in [0.1, 0.15) is 41.5 Å². The van der Waals surface area contributed by atoms with E-state index in [1.54, 1.807) is 0 Å². The van der Waals surface area contributed by atoms with Crippen molar-refractivity contribution in [1.82, 2.24) is 5.32 Å². The first-order valence-corrected chi connectivity index (χ1v) is 11.9. The minimum Gasteiger partial charge on any atom is -0.356 e. The molecule has 2 aromatic rings. The average molecular weight is 417 g/mol. The van der Waals surface area contributed by atoms with Gasteiger partial charge in [-0.1, -0.05) is 35.9 Å². The van der Waals surface area contributed by atoms with Gasteiger partial charge in [0, 0.05) is 19.5 Å². The fourth-order valence-electron chi connectivity index (χ4n) is 3.23. The lowest BCUT2D eigenvalue weighted by molar-refractivity contribution is -0.121. The van der Waals surface area contributed by atoms with Gasteiger partial charge in [0.25, 0.3) is 0 Å². The Bertz CT molecular complexity index is 939. The van der Waals surface area contributed by atoms with Gasteiger partial charge in [-0.05, 0) is 68.9 Å². The summed E-state index contributed by atoms with van der Waals surface area (Å²) in [5.74, 6) is -0.0391. The van der Waals surface area contributed by atoms with E-state index < -0.39 is 10.0 Å². The fraction of sp³-hybridized carbons (Fsp3) is 0.435. The minimum atomic E-state index is -3.40. The van der Waals surface area contributed by atoms with Crippen LogP contribution in [0.25, 0.3) is 0 Å². The van der Waals surface area contributed by atoms with E-state index in [1.807, 2.05) is 38.1 Å². The quantitative estimate of drug-likeness (QED) is 0.597. The van der Waals surface area contributed by atoms with Gasteiger partial charge in [-0.2, -0.15) is 0 Å². The van der Waals surface area contributed by atoms with Gasteiger partial charge in [0.05, 0.1) is 11.9 Å². The highest BCUT2D eigenvalue weighted by atomic mass is 32.2. The number of carbonyl (C=O) groups excluding carboxylic acids is 1. The van der Waals surface area contributed by atoms with Crippen molar-refractivity contribution in [2.75, 3.05) is 23.7 Å². The van der Waals surface area contributed by atoms with Gasteiger partial charge in [0.1, 0.15) is 0 Å². The summed E-state index contributed by atoms with van der Waals surface area (Å²) in [6.07, 6.45) is 3.79. The first-order chi connectivity index (χ1) is 13.7. The molecule has 0 fully saturated rings. The standard InChI is InChI=1S/C23H32N2O3S/c1-18-8-5-9-21(16-18)10-6-14-24-23(26)11-7-15-25(29(4,27)28)22-13-12-19(2)20(3)17-22/h5,8-9,12-13,16-17H,6-7,10-11,14-15H2,1-4H3,(H,24,26). The number of rotatable bonds is 10. The molecule has 0 atom stereocenters. The molecule has 1 amide bonds. The molecule has 0 aromatic heterocycles. The molecular weight excluding hydrogens is 384 g/mol. The van der Waals surface area contributed by atoms with Crippen molar-refractivity contribution in [3.63, 3.8) is 0 Å². The smallest absolute Gasteiger partial charge is 0.232 e. The molecule has 0 bridgehead atoms. The van der Waals surface area contributed by atoms with E-state index in [-0.39, 0.29) is 12.5 Å². The molecule has 158 valence electrons. The molecule has 2 rings (SSSR count). The number of benzene rings is 2. The van der Waals surface area contributed by atoms with Gasteiger partial charge in [-0.3, -0.25) is 9.10 Å². The maximum atomic E-state index is 12.2. The van der Waals surface area contributed by atoms with Crippen molar-refractivity contribution < 1.29 is 13.2 Å². The molecular formula is C23H32N2O3S. The van der Waals surface area contributed by atoms with E-state index in [0.29, 0.717) is 25.1 Å². The zero-order valence-corrected chi connectivity index (χ0v) is 18.7. The van der Waals surface area contributed by atoms with Crippen LogP contribution in [0.5, 0.6) is 0 Å². The maximum Gasteiger partial charge on any atom is 0.232 e. The first-order valence-electron chi connectivity index (χ1n) is 10.0. The highest BCUT2D eigenvalue weighted by Gasteiger charge is 2.18. The van der Waals surface area contributed by atoms with Crippen LogP contribution in [-0.4, -0.2) is 33.7 Å². The Kier molecular flexibility index (Phi) is 8.26. The van der Waals surface area contributed by atoms with Crippen molar-refractivity contribution in [3.8, 4) is 0 Å². The Morgan fingerprint density at radius 1 is 1.00 bits per heavy atom. The summed E-state index contributed by atoms with van der Waals surface area (Å²) in [5.41, 5.74) is 5.33. The largest absolute Gasteiger partial charge is 0.356 e. The van der Waals surface area contributed by atoms with Crippen molar-refractivity contribution in [2.24, 2.45) is 0 Å². The number of nitrogens with one attached hydrogen (secondary N) is 1. The molecule has 5 nitrogen and oxygen atoms in total. The zero-order valence-electron chi connectivity index (χ0n) is 17.9. The van der Waals surface area contributed by atoms with Crippen LogP contribution in [0.3, 0.4) is 0 Å². The molecule has 0 radical (unpaired) electrons. The molecule has 1 N–H and O–H groups in total. The summed E-state index contributed by atoms with van der Waals surface area (Å²) < 4.78 is 25.8. The van der Waals surface area contributed by atoms with Crippen LogP contribution in [0, 0.1) is 20.8 Å². The third-order valence-electron chi connectivity index (χ3n) is 4.99. The van der Waals surface area contributed by atoms with Crippen LogP contribution in [0.15, 0.2) is 42.5 Å². The topological polar surface area (TPSA) is 66.5 Å². The van der Waals surface area contributed by atoms with Gasteiger partial charge in [0.2, 0.25) is 15.9 Å². The number of amides is 1. The monoisotopic (exact) mass is 416 g/mol. The fourth-order valence-corrected chi connectivity index (χ4v) is 4.18. The van der Waals surface area contributed by atoms with E-state index in [4.69, 9.17) is 0 Å². The molecule has 0 heterocycles. The molecule has 0 aliphatic heterocycles. The van der Waals surface area contributed by atoms with Crippen LogP contribution in [0.2, 0.25) is 0 Å². The Hall–Kier alpha value is -2.34. The average Bonchev–Trinajstić information content (AvgIpc) is 2.64. The van der Waals surface area contributed by atoms with E-state index >= 15 is 0 Å². The SMILES string of the molecule is Cc1cccc(CCCNC(=O)CCCN(c2ccc(C)c(C)c2)S(C)(=O)=O)c1. The Morgan fingerprint density at radius 3 is 2.41 bits per heavy atom. The van der Waals surface area contributed by atoms with Crippen molar-refractivity contribution in [2.45, 2.75) is 46.5 Å². The maximum absolute atomic E-state index is 12.2. The van der Waals surface area contributed by atoms with Crippen molar-refractivity contribution >= 4 is 21.6 Å². The second kappa shape index (κ2) is 10.4. The molecule has 0 saturated heterocycles. The van der Waals surface area contributed by atoms with E-state index in [1.165, 1.54) is 21.7 Å². The minimum absolute atomic E-state index is 0.0391. The number of hydrogen-bond acceptors (Lipinski definition) is 3. The molecule has 0 aliphatic rings. The van der Waals surface area contributed by atoms with Gasteiger partial charge in [-0.25, -0.2) is 8.42 Å². The van der Waals surface area contributed by atoms with Crippen molar-refractivity contribution in [3.05, 3.63) is 64.7 Å². The Labute approximate surface area is 175 Å².